The van der Waals surface area contributed by atoms with Gasteiger partial charge in [-0.2, -0.15) is 5.26 Å². The molecule has 2 aromatic carbocycles. The molecule has 0 radical (unpaired) electrons. The number of thiophene rings is 1. The zero-order valence-corrected chi connectivity index (χ0v) is 20.1. The lowest BCUT2D eigenvalue weighted by atomic mass is 9.74. The lowest BCUT2D eigenvalue weighted by molar-refractivity contribution is 0.0909. The summed E-state index contributed by atoms with van der Waals surface area (Å²) in [6, 6.07) is 16.5. The van der Waals surface area contributed by atoms with Crippen LogP contribution >= 0.6 is 11.3 Å². The summed E-state index contributed by atoms with van der Waals surface area (Å²) in [5.74, 6) is -0.661. The maximum atomic E-state index is 13.1. The van der Waals surface area contributed by atoms with Crippen LogP contribution in [-0.2, 0) is 16.3 Å². The molecule has 8 heteroatoms. The van der Waals surface area contributed by atoms with Gasteiger partial charge in [0, 0.05) is 18.4 Å². The highest BCUT2D eigenvalue weighted by Crippen LogP contribution is 2.43. The SMILES string of the molecule is CC1(C)CC(=O)c2c(S(C)(=O)=O)sc(C(=O)Nc3ccc(-c4ccc(C#N)cc4)cc3)c2C1. The Morgan fingerprint density at radius 3 is 2.15 bits per heavy atom. The summed E-state index contributed by atoms with van der Waals surface area (Å²) in [6.45, 7) is 3.88. The molecule has 0 fully saturated rings. The summed E-state index contributed by atoms with van der Waals surface area (Å²) < 4.78 is 24.6. The van der Waals surface area contributed by atoms with Crippen LogP contribution < -0.4 is 5.32 Å². The topological polar surface area (TPSA) is 104 Å². The number of hydrogen-bond donors (Lipinski definition) is 1. The first kappa shape index (κ1) is 22.9. The number of rotatable bonds is 4. The highest BCUT2D eigenvalue weighted by atomic mass is 32.2. The predicted octanol–water partition coefficient (Wildman–Crippen LogP) is 5.10. The van der Waals surface area contributed by atoms with Crippen molar-refractivity contribution < 1.29 is 18.0 Å². The number of nitriles is 1. The van der Waals surface area contributed by atoms with Gasteiger partial charge < -0.3 is 5.32 Å². The van der Waals surface area contributed by atoms with Crippen molar-refractivity contribution in [2.45, 2.75) is 30.9 Å². The fraction of sp³-hybridized carbons (Fsp3) is 0.240. The average Bonchev–Trinajstić information content (AvgIpc) is 3.13. The van der Waals surface area contributed by atoms with E-state index in [9.17, 15) is 18.0 Å². The van der Waals surface area contributed by atoms with Crippen LogP contribution in [0, 0.1) is 16.7 Å². The summed E-state index contributed by atoms with van der Waals surface area (Å²) in [5, 5.41) is 11.8. The molecule has 168 valence electrons. The molecule has 0 unspecified atom stereocenters. The number of hydrogen-bond acceptors (Lipinski definition) is 6. The largest absolute Gasteiger partial charge is 0.321 e. The van der Waals surface area contributed by atoms with Gasteiger partial charge in [0.05, 0.1) is 22.1 Å². The van der Waals surface area contributed by atoms with Crippen molar-refractivity contribution in [3.8, 4) is 17.2 Å². The Morgan fingerprint density at radius 1 is 1.03 bits per heavy atom. The van der Waals surface area contributed by atoms with Gasteiger partial charge in [-0.05, 0) is 52.8 Å². The third-order valence-corrected chi connectivity index (χ3v) is 8.64. The molecule has 0 spiro atoms. The van der Waals surface area contributed by atoms with Crippen molar-refractivity contribution >= 4 is 38.6 Å². The molecule has 0 saturated carbocycles. The Kier molecular flexibility index (Phi) is 5.72. The van der Waals surface area contributed by atoms with E-state index >= 15 is 0 Å². The van der Waals surface area contributed by atoms with Gasteiger partial charge in [-0.25, -0.2) is 8.42 Å². The summed E-state index contributed by atoms with van der Waals surface area (Å²) in [4.78, 5) is 26.2. The minimum atomic E-state index is -3.64. The van der Waals surface area contributed by atoms with Crippen molar-refractivity contribution in [1.29, 1.82) is 5.26 Å². The van der Waals surface area contributed by atoms with Crippen LogP contribution in [0.2, 0.25) is 0 Å². The molecule has 1 aromatic heterocycles. The van der Waals surface area contributed by atoms with Crippen molar-refractivity contribution in [1.82, 2.24) is 0 Å². The van der Waals surface area contributed by atoms with Gasteiger partial charge in [-0.15, -0.1) is 11.3 Å². The number of anilines is 1. The molecule has 0 atom stereocenters. The molecule has 6 nitrogen and oxygen atoms in total. The number of sulfone groups is 1. The van der Waals surface area contributed by atoms with Gasteiger partial charge in [0.25, 0.3) is 5.91 Å². The molecule has 0 saturated heterocycles. The lowest BCUT2D eigenvalue weighted by Crippen LogP contribution is -2.28. The maximum absolute atomic E-state index is 13.1. The molecule has 1 amide bonds. The number of ketones is 1. The van der Waals surface area contributed by atoms with E-state index in [0.717, 1.165) is 28.7 Å². The molecule has 1 aliphatic carbocycles. The van der Waals surface area contributed by atoms with Crippen LogP contribution in [-0.4, -0.2) is 26.4 Å². The molecule has 1 heterocycles. The van der Waals surface area contributed by atoms with Gasteiger partial charge in [0.1, 0.15) is 4.21 Å². The normalized spacial score (nSPS) is 14.9. The Morgan fingerprint density at radius 2 is 1.61 bits per heavy atom. The van der Waals surface area contributed by atoms with Crippen LogP contribution in [0.15, 0.2) is 52.7 Å². The van der Waals surface area contributed by atoms with Crippen LogP contribution in [0.5, 0.6) is 0 Å². The standard InChI is InChI=1S/C25H22N2O4S2/c1-25(2)12-19-21(20(28)13-25)24(33(3,30)31)32-22(19)23(29)27-18-10-8-17(9-11-18)16-6-4-15(14-26)5-7-16/h4-11H,12-13H2,1-3H3,(H,27,29). The van der Waals surface area contributed by atoms with E-state index in [-0.39, 0.29) is 32.3 Å². The Hall–Kier alpha value is -3.28. The number of nitrogens with one attached hydrogen (secondary N) is 1. The van der Waals surface area contributed by atoms with Crippen LogP contribution in [0.25, 0.3) is 11.1 Å². The van der Waals surface area contributed by atoms with E-state index in [2.05, 4.69) is 11.4 Å². The van der Waals surface area contributed by atoms with Gasteiger partial charge in [-0.3, -0.25) is 9.59 Å². The second kappa shape index (κ2) is 8.25. The number of carbonyl (C=O) groups excluding carboxylic acids is 2. The maximum Gasteiger partial charge on any atom is 0.266 e. The smallest absolute Gasteiger partial charge is 0.266 e. The minimum Gasteiger partial charge on any atom is -0.321 e. The number of amides is 1. The zero-order chi connectivity index (χ0) is 24.0. The third kappa shape index (κ3) is 4.61. The van der Waals surface area contributed by atoms with E-state index in [1.807, 2.05) is 38.1 Å². The van der Waals surface area contributed by atoms with Crippen LogP contribution in [0.1, 0.15) is 51.4 Å². The molecule has 3 aromatic rings. The molecule has 0 aliphatic heterocycles. The third-order valence-electron chi connectivity index (χ3n) is 5.58. The Balaban J connectivity index is 1.64. The quantitative estimate of drug-likeness (QED) is 0.562. The number of fused-ring (bicyclic) bond motifs is 1. The van der Waals surface area contributed by atoms with E-state index in [4.69, 9.17) is 5.26 Å². The van der Waals surface area contributed by atoms with E-state index < -0.39 is 15.7 Å². The van der Waals surface area contributed by atoms with E-state index in [1.165, 1.54) is 0 Å². The predicted molar refractivity (Wildman–Crippen MR) is 128 cm³/mol. The number of benzene rings is 2. The highest BCUT2D eigenvalue weighted by molar-refractivity contribution is 7.92. The highest BCUT2D eigenvalue weighted by Gasteiger charge is 2.39. The first-order valence-corrected chi connectivity index (χ1v) is 13.0. The second-order valence-corrected chi connectivity index (χ2v) is 12.2. The summed E-state index contributed by atoms with van der Waals surface area (Å²) in [6.07, 6.45) is 1.77. The zero-order valence-electron chi connectivity index (χ0n) is 18.4. The first-order chi connectivity index (χ1) is 15.5. The summed E-state index contributed by atoms with van der Waals surface area (Å²) in [7, 11) is -3.64. The lowest BCUT2D eigenvalue weighted by Gasteiger charge is -2.29. The van der Waals surface area contributed by atoms with Gasteiger partial charge in [0.2, 0.25) is 0 Å². The molecule has 4 rings (SSSR count). The Labute approximate surface area is 196 Å². The molecule has 33 heavy (non-hydrogen) atoms. The van der Waals surface area contributed by atoms with Gasteiger partial charge in [0.15, 0.2) is 15.6 Å². The average molecular weight is 479 g/mol. The summed E-state index contributed by atoms with van der Waals surface area (Å²) in [5.41, 5.74) is 3.36. The van der Waals surface area contributed by atoms with Crippen molar-refractivity contribution in [3.05, 3.63) is 70.1 Å². The van der Waals surface area contributed by atoms with Gasteiger partial charge in [-0.1, -0.05) is 38.1 Å². The molecule has 1 N–H and O–H groups in total. The van der Waals surface area contributed by atoms with Crippen LogP contribution in [0.4, 0.5) is 5.69 Å². The number of carbonyl (C=O) groups is 2. The fourth-order valence-electron chi connectivity index (χ4n) is 4.07. The monoisotopic (exact) mass is 478 g/mol. The first-order valence-electron chi connectivity index (χ1n) is 10.3. The molecular weight excluding hydrogens is 456 g/mol. The molecule has 1 aliphatic rings. The molecule has 0 bridgehead atoms. The Bertz CT molecular complexity index is 1410. The van der Waals surface area contributed by atoms with E-state index in [0.29, 0.717) is 23.2 Å². The summed E-state index contributed by atoms with van der Waals surface area (Å²) >= 11 is 0.870. The van der Waals surface area contributed by atoms with E-state index in [1.54, 1.807) is 24.3 Å². The minimum absolute atomic E-state index is 0.0284. The van der Waals surface area contributed by atoms with Crippen LogP contribution in [0.3, 0.4) is 0 Å². The number of Topliss-reactive ketones (excluding diaryl/α,β-unsaturated/α-hetero) is 1. The molecular formula is C25H22N2O4S2. The van der Waals surface area contributed by atoms with Crippen molar-refractivity contribution in [2.24, 2.45) is 5.41 Å². The fourth-order valence-corrected chi connectivity index (χ4v) is 6.50. The second-order valence-electron chi connectivity index (χ2n) is 9.01. The number of nitrogens with zero attached hydrogens (tertiary/aromatic N) is 1. The van der Waals surface area contributed by atoms with Crippen molar-refractivity contribution in [2.75, 3.05) is 11.6 Å². The van der Waals surface area contributed by atoms with Crippen molar-refractivity contribution in [3.63, 3.8) is 0 Å². The van der Waals surface area contributed by atoms with Gasteiger partial charge >= 0.3 is 0 Å².